The van der Waals surface area contributed by atoms with Crippen molar-refractivity contribution in [2.45, 2.75) is 26.4 Å². The van der Waals surface area contributed by atoms with Crippen molar-refractivity contribution in [3.63, 3.8) is 0 Å². The number of hydrogen-bond donors (Lipinski definition) is 1. The summed E-state index contributed by atoms with van der Waals surface area (Å²) in [7, 11) is 0. The molecule has 0 aromatic carbocycles. The number of aromatic nitrogens is 3. The van der Waals surface area contributed by atoms with E-state index in [2.05, 4.69) is 10.1 Å². The first-order chi connectivity index (χ1) is 8.19. The van der Waals surface area contributed by atoms with E-state index in [-0.39, 0.29) is 6.04 Å². The average Bonchev–Trinajstić information content (AvgIpc) is 2.77. The lowest BCUT2D eigenvalue weighted by molar-refractivity contribution is 0.460. The number of hydrogen-bond acceptors (Lipinski definition) is 4. The normalized spacial score (nSPS) is 12.4. The third-order valence-electron chi connectivity index (χ3n) is 2.44. The maximum absolute atomic E-state index is 5.80. The highest BCUT2D eigenvalue weighted by Crippen LogP contribution is 2.21. The molecule has 1 unspecified atom stereocenters. The molecule has 0 aliphatic carbocycles. The molecule has 17 heavy (non-hydrogen) atoms. The van der Waals surface area contributed by atoms with Gasteiger partial charge in [-0.05, 0) is 25.5 Å². The molecule has 2 rings (SSSR count). The van der Waals surface area contributed by atoms with Gasteiger partial charge in [0.15, 0.2) is 5.75 Å². The van der Waals surface area contributed by atoms with Crippen molar-refractivity contribution >= 4 is 0 Å². The molecular formula is C12H16N4O. The first kappa shape index (κ1) is 11.6. The number of rotatable bonds is 4. The third kappa shape index (κ3) is 2.82. The number of nitrogens with zero attached hydrogens (tertiary/aromatic N) is 3. The van der Waals surface area contributed by atoms with Crippen LogP contribution in [0.2, 0.25) is 0 Å². The van der Waals surface area contributed by atoms with Crippen molar-refractivity contribution < 1.29 is 4.74 Å². The molecule has 5 nitrogen and oxygen atoms in total. The molecule has 0 aliphatic heterocycles. The maximum atomic E-state index is 5.80. The van der Waals surface area contributed by atoms with Gasteiger partial charge in [0.25, 0.3) is 0 Å². The Kier molecular flexibility index (Phi) is 3.39. The van der Waals surface area contributed by atoms with Crippen molar-refractivity contribution in [3.8, 4) is 11.6 Å². The zero-order valence-corrected chi connectivity index (χ0v) is 10.00. The second-order valence-electron chi connectivity index (χ2n) is 3.85. The van der Waals surface area contributed by atoms with Crippen LogP contribution in [0.15, 0.2) is 30.7 Å². The predicted octanol–water partition coefficient (Wildman–Crippen LogP) is 2.11. The lowest BCUT2D eigenvalue weighted by Crippen LogP contribution is -2.05. The minimum Gasteiger partial charge on any atom is -0.436 e. The molecular weight excluding hydrogens is 216 g/mol. The van der Waals surface area contributed by atoms with Crippen LogP contribution in [0.1, 0.15) is 25.5 Å². The molecule has 1 atom stereocenters. The molecule has 0 aliphatic rings. The fraction of sp³-hybridized carbons (Fsp3) is 0.333. The van der Waals surface area contributed by atoms with Gasteiger partial charge in [0.1, 0.15) is 0 Å². The largest absolute Gasteiger partial charge is 0.436 e. The molecule has 0 fully saturated rings. The van der Waals surface area contributed by atoms with Gasteiger partial charge >= 0.3 is 0 Å². The second-order valence-corrected chi connectivity index (χ2v) is 3.85. The molecule has 2 heterocycles. The van der Waals surface area contributed by atoms with Gasteiger partial charge in [-0.15, -0.1) is 0 Å². The smallest absolute Gasteiger partial charge is 0.219 e. The van der Waals surface area contributed by atoms with E-state index in [1.165, 1.54) is 0 Å². The monoisotopic (exact) mass is 232 g/mol. The van der Waals surface area contributed by atoms with Crippen molar-refractivity contribution in [2.75, 3.05) is 0 Å². The van der Waals surface area contributed by atoms with E-state index in [0.29, 0.717) is 11.6 Å². The van der Waals surface area contributed by atoms with Gasteiger partial charge in [-0.3, -0.25) is 4.68 Å². The van der Waals surface area contributed by atoms with Crippen molar-refractivity contribution in [1.82, 2.24) is 14.8 Å². The standard InChI is InChI=1S/C12H16N4O/c1-3-16-8-11(7-15-16)17-12-6-10(9(2)13)4-5-14-12/h4-9H,3,13H2,1-2H3. The minimum atomic E-state index is -0.0290. The van der Waals surface area contributed by atoms with E-state index in [1.807, 2.05) is 32.2 Å². The summed E-state index contributed by atoms with van der Waals surface area (Å²) < 4.78 is 7.40. The molecule has 2 aromatic rings. The fourth-order valence-electron chi connectivity index (χ4n) is 1.45. The van der Waals surface area contributed by atoms with Crippen LogP contribution in [-0.2, 0) is 6.54 Å². The van der Waals surface area contributed by atoms with Crippen LogP contribution in [0.5, 0.6) is 11.6 Å². The molecule has 0 saturated carbocycles. The van der Waals surface area contributed by atoms with Crippen LogP contribution in [0.3, 0.4) is 0 Å². The Hall–Kier alpha value is -1.88. The number of ether oxygens (including phenoxy) is 1. The number of aryl methyl sites for hydroxylation is 1. The highest BCUT2D eigenvalue weighted by atomic mass is 16.5. The van der Waals surface area contributed by atoms with Crippen LogP contribution in [-0.4, -0.2) is 14.8 Å². The Morgan fingerprint density at radius 1 is 1.53 bits per heavy atom. The van der Waals surface area contributed by atoms with Gasteiger partial charge in [-0.25, -0.2) is 4.98 Å². The Labute approximate surface area is 100 Å². The molecule has 0 bridgehead atoms. The van der Waals surface area contributed by atoms with E-state index in [4.69, 9.17) is 10.5 Å². The van der Waals surface area contributed by atoms with E-state index in [9.17, 15) is 0 Å². The van der Waals surface area contributed by atoms with Crippen LogP contribution >= 0.6 is 0 Å². The first-order valence-corrected chi connectivity index (χ1v) is 5.61. The summed E-state index contributed by atoms with van der Waals surface area (Å²) in [6.45, 7) is 4.76. The zero-order valence-electron chi connectivity index (χ0n) is 10.00. The highest BCUT2D eigenvalue weighted by molar-refractivity contribution is 5.27. The number of pyridine rings is 1. The van der Waals surface area contributed by atoms with Crippen LogP contribution in [0, 0.1) is 0 Å². The lowest BCUT2D eigenvalue weighted by atomic mass is 10.1. The zero-order chi connectivity index (χ0) is 12.3. The van der Waals surface area contributed by atoms with Crippen molar-refractivity contribution in [2.24, 2.45) is 5.73 Å². The topological polar surface area (TPSA) is 66.0 Å². The summed E-state index contributed by atoms with van der Waals surface area (Å²) in [5, 5.41) is 4.13. The van der Waals surface area contributed by atoms with Gasteiger partial charge in [-0.2, -0.15) is 5.10 Å². The quantitative estimate of drug-likeness (QED) is 0.876. The molecule has 2 aromatic heterocycles. The van der Waals surface area contributed by atoms with Crippen molar-refractivity contribution in [1.29, 1.82) is 0 Å². The molecule has 5 heteroatoms. The molecule has 0 amide bonds. The van der Waals surface area contributed by atoms with Gasteiger partial charge < -0.3 is 10.5 Å². The maximum Gasteiger partial charge on any atom is 0.219 e. The summed E-state index contributed by atoms with van der Waals surface area (Å²) in [6, 6.07) is 3.69. The van der Waals surface area contributed by atoms with Gasteiger partial charge in [0.2, 0.25) is 5.88 Å². The Morgan fingerprint density at radius 2 is 2.35 bits per heavy atom. The summed E-state index contributed by atoms with van der Waals surface area (Å²) in [5.74, 6) is 1.22. The molecule has 0 saturated heterocycles. The van der Waals surface area contributed by atoms with Gasteiger partial charge in [0.05, 0.1) is 12.4 Å². The summed E-state index contributed by atoms with van der Waals surface area (Å²) in [5.41, 5.74) is 6.80. The average molecular weight is 232 g/mol. The third-order valence-corrected chi connectivity index (χ3v) is 2.44. The number of nitrogens with two attached hydrogens (primary N) is 1. The van der Waals surface area contributed by atoms with Gasteiger partial charge in [-0.1, -0.05) is 0 Å². The first-order valence-electron chi connectivity index (χ1n) is 5.61. The van der Waals surface area contributed by atoms with E-state index in [1.54, 1.807) is 17.1 Å². The highest BCUT2D eigenvalue weighted by Gasteiger charge is 2.05. The van der Waals surface area contributed by atoms with Gasteiger partial charge in [0, 0.05) is 24.8 Å². The Bertz CT molecular complexity index is 493. The van der Waals surface area contributed by atoms with E-state index >= 15 is 0 Å². The van der Waals surface area contributed by atoms with Crippen LogP contribution in [0.25, 0.3) is 0 Å². The molecule has 0 spiro atoms. The molecule has 90 valence electrons. The van der Waals surface area contributed by atoms with Crippen LogP contribution < -0.4 is 10.5 Å². The second kappa shape index (κ2) is 4.97. The minimum absolute atomic E-state index is 0.0290. The van der Waals surface area contributed by atoms with E-state index < -0.39 is 0 Å². The summed E-state index contributed by atoms with van der Waals surface area (Å²) in [6.07, 6.45) is 5.20. The molecule has 2 N–H and O–H groups in total. The fourth-order valence-corrected chi connectivity index (χ4v) is 1.45. The SMILES string of the molecule is CCn1cc(Oc2cc(C(C)N)ccn2)cn1. The molecule has 0 radical (unpaired) electrons. The summed E-state index contributed by atoms with van der Waals surface area (Å²) >= 11 is 0. The Morgan fingerprint density at radius 3 is 3.00 bits per heavy atom. The Balaban J connectivity index is 2.15. The summed E-state index contributed by atoms with van der Waals surface area (Å²) in [4.78, 5) is 4.14. The predicted molar refractivity (Wildman–Crippen MR) is 64.8 cm³/mol. The van der Waals surface area contributed by atoms with Crippen LogP contribution in [0.4, 0.5) is 0 Å². The lowest BCUT2D eigenvalue weighted by Gasteiger charge is -2.07. The van der Waals surface area contributed by atoms with Crippen molar-refractivity contribution in [3.05, 3.63) is 36.3 Å². The van der Waals surface area contributed by atoms with E-state index in [0.717, 1.165) is 12.1 Å².